The largest absolute Gasteiger partial charge is 0.508 e. The number of H-pyrrole nitrogens is 1. The summed E-state index contributed by atoms with van der Waals surface area (Å²) < 4.78 is 0. The van der Waals surface area contributed by atoms with Gasteiger partial charge in [-0.3, -0.25) is 14.4 Å². The number of amides is 3. The molecule has 0 bridgehead atoms. The normalized spacial score (nSPS) is 14.2. The highest BCUT2D eigenvalue weighted by molar-refractivity contribution is 7.98. The number of benzene rings is 1. The average molecular weight is 549 g/mol. The van der Waals surface area contributed by atoms with Gasteiger partial charge < -0.3 is 36.9 Å². The molecule has 0 spiro atoms. The Morgan fingerprint density at radius 3 is 2.18 bits per heavy atom. The van der Waals surface area contributed by atoms with E-state index in [4.69, 9.17) is 5.73 Å². The van der Waals surface area contributed by atoms with E-state index in [0.717, 1.165) is 5.56 Å². The number of hydrogen-bond donors (Lipinski definition) is 7. The number of aromatic amines is 1. The third kappa shape index (κ3) is 9.71. The SMILES string of the molecule is CSCCC(NC(=O)C(N)Cc1ccc(O)cc1)C(=O)NC(Cc1cnc[nH]1)C(=O)NC(C(=O)O)C(C)C. The monoisotopic (exact) mass is 548 g/mol. The number of carboxylic acid groups (broad SMARTS) is 1. The van der Waals surface area contributed by atoms with E-state index in [0.29, 0.717) is 11.4 Å². The molecule has 3 amide bonds. The lowest BCUT2D eigenvalue weighted by atomic mass is 10.0. The number of thioether (sulfide) groups is 1. The van der Waals surface area contributed by atoms with Crippen molar-refractivity contribution in [2.75, 3.05) is 12.0 Å². The van der Waals surface area contributed by atoms with Gasteiger partial charge in [-0.2, -0.15) is 11.8 Å². The van der Waals surface area contributed by atoms with Gasteiger partial charge in [-0.1, -0.05) is 26.0 Å². The van der Waals surface area contributed by atoms with E-state index in [9.17, 15) is 29.4 Å². The third-order valence-electron chi connectivity index (χ3n) is 5.81. The Hall–Kier alpha value is -3.58. The second-order valence-corrected chi connectivity index (χ2v) is 10.2. The predicted molar refractivity (Wildman–Crippen MR) is 143 cm³/mol. The lowest BCUT2D eigenvalue weighted by Gasteiger charge is -2.26. The lowest BCUT2D eigenvalue weighted by Crippen LogP contribution is -2.58. The van der Waals surface area contributed by atoms with Crippen LogP contribution in [0, 0.1) is 5.92 Å². The van der Waals surface area contributed by atoms with Crippen molar-refractivity contribution in [2.24, 2.45) is 11.7 Å². The van der Waals surface area contributed by atoms with Crippen LogP contribution in [-0.4, -0.2) is 80.0 Å². The number of imidazole rings is 1. The maximum Gasteiger partial charge on any atom is 0.326 e. The van der Waals surface area contributed by atoms with Crippen molar-refractivity contribution in [2.45, 2.75) is 57.3 Å². The molecule has 208 valence electrons. The Balaban J connectivity index is 2.15. The molecular weight excluding hydrogens is 512 g/mol. The summed E-state index contributed by atoms with van der Waals surface area (Å²) in [6, 6.07) is 2.10. The van der Waals surface area contributed by atoms with Crippen molar-refractivity contribution in [3.8, 4) is 5.75 Å². The molecule has 0 radical (unpaired) electrons. The summed E-state index contributed by atoms with van der Waals surface area (Å²) >= 11 is 1.49. The lowest BCUT2D eigenvalue weighted by molar-refractivity contribution is -0.143. The zero-order chi connectivity index (χ0) is 28.2. The van der Waals surface area contributed by atoms with Crippen LogP contribution >= 0.6 is 11.8 Å². The first-order chi connectivity index (χ1) is 18.0. The minimum atomic E-state index is -1.19. The molecule has 0 saturated carbocycles. The van der Waals surface area contributed by atoms with Gasteiger partial charge in [0.1, 0.15) is 23.9 Å². The van der Waals surface area contributed by atoms with Gasteiger partial charge in [0.05, 0.1) is 12.4 Å². The first kappa shape index (κ1) is 30.6. The van der Waals surface area contributed by atoms with Crippen LogP contribution in [0.1, 0.15) is 31.5 Å². The summed E-state index contributed by atoms with van der Waals surface area (Å²) in [4.78, 5) is 57.6. The van der Waals surface area contributed by atoms with Crippen molar-refractivity contribution in [3.05, 3.63) is 48.0 Å². The number of aromatic hydroxyl groups is 1. The van der Waals surface area contributed by atoms with Gasteiger partial charge in [-0.05, 0) is 48.5 Å². The highest BCUT2D eigenvalue weighted by Gasteiger charge is 2.31. The highest BCUT2D eigenvalue weighted by Crippen LogP contribution is 2.12. The number of phenols is 1. The summed E-state index contributed by atoms with van der Waals surface area (Å²) in [6.07, 6.45) is 5.30. The Morgan fingerprint density at radius 1 is 1.00 bits per heavy atom. The number of aromatic nitrogens is 2. The van der Waals surface area contributed by atoms with Crippen LogP contribution in [-0.2, 0) is 32.0 Å². The smallest absolute Gasteiger partial charge is 0.326 e. The van der Waals surface area contributed by atoms with Gasteiger partial charge in [0.15, 0.2) is 0 Å². The fraction of sp³-hybridized carbons (Fsp3) is 0.480. The van der Waals surface area contributed by atoms with Crippen LogP contribution in [0.3, 0.4) is 0 Å². The fourth-order valence-corrected chi connectivity index (χ4v) is 4.10. The van der Waals surface area contributed by atoms with Crippen LogP contribution in [0.15, 0.2) is 36.8 Å². The number of phenolic OH excluding ortho intramolecular Hbond substituents is 1. The summed E-state index contributed by atoms with van der Waals surface area (Å²) in [7, 11) is 0. The Labute approximate surface area is 225 Å². The van der Waals surface area contributed by atoms with Gasteiger partial charge in [-0.15, -0.1) is 0 Å². The Bertz CT molecular complexity index is 1060. The second kappa shape index (κ2) is 15.0. The van der Waals surface area contributed by atoms with Gasteiger partial charge in [0, 0.05) is 18.3 Å². The number of hydrogen-bond acceptors (Lipinski definition) is 8. The molecule has 2 rings (SSSR count). The number of nitrogens with two attached hydrogens (primary N) is 1. The van der Waals surface area contributed by atoms with Gasteiger partial charge in [-0.25, -0.2) is 9.78 Å². The van der Waals surface area contributed by atoms with Crippen LogP contribution in [0.4, 0.5) is 0 Å². The van der Waals surface area contributed by atoms with E-state index in [1.165, 1.54) is 36.4 Å². The van der Waals surface area contributed by atoms with E-state index in [1.54, 1.807) is 26.0 Å². The second-order valence-electron chi connectivity index (χ2n) is 9.23. The number of nitrogens with zero attached hydrogens (tertiary/aromatic N) is 1. The minimum Gasteiger partial charge on any atom is -0.508 e. The summed E-state index contributed by atoms with van der Waals surface area (Å²) in [5.74, 6) is -2.74. The zero-order valence-electron chi connectivity index (χ0n) is 21.6. The van der Waals surface area contributed by atoms with Crippen LogP contribution in [0.25, 0.3) is 0 Å². The van der Waals surface area contributed by atoms with Gasteiger partial charge in [0.2, 0.25) is 17.7 Å². The van der Waals surface area contributed by atoms with Crippen molar-refractivity contribution in [1.29, 1.82) is 0 Å². The van der Waals surface area contributed by atoms with Crippen molar-refractivity contribution >= 4 is 35.5 Å². The maximum absolute atomic E-state index is 13.3. The average Bonchev–Trinajstić information content (AvgIpc) is 3.38. The van der Waals surface area contributed by atoms with Crippen molar-refractivity contribution in [1.82, 2.24) is 25.9 Å². The number of rotatable bonds is 15. The number of carbonyl (C=O) groups is 4. The van der Waals surface area contributed by atoms with E-state index in [-0.39, 0.29) is 30.9 Å². The molecule has 4 unspecified atom stereocenters. The topological polar surface area (TPSA) is 200 Å². The number of carbonyl (C=O) groups excluding carboxylic acids is 3. The van der Waals surface area contributed by atoms with E-state index < -0.39 is 47.9 Å². The molecule has 12 nitrogen and oxygen atoms in total. The first-order valence-corrected chi connectivity index (χ1v) is 13.5. The predicted octanol–water partition coefficient (Wildman–Crippen LogP) is 0.176. The number of nitrogens with one attached hydrogen (secondary N) is 4. The quantitative estimate of drug-likeness (QED) is 0.162. The molecule has 13 heteroatoms. The Morgan fingerprint density at radius 2 is 1.63 bits per heavy atom. The molecule has 2 aromatic rings. The molecule has 0 aliphatic heterocycles. The fourth-order valence-electron chi connectivity index (χ4n) is 3.63. The van der Waals surface area contributed by atoms with Crippen LogP contribution in [0.5, 0.6) is 5.75 Å². The standard InChI is InChI=1S/C25H36N6O6S/c1-14(2)21(25(36)37)31-24(35)20(11-16-12-27-13-28-16)30-23(34)19(8-9-38-3)29-22(33)18(26)10-15-4-6-17(32)7-5-15/h4-7,12-14,18-21,32H,8-11,26H2,1-3H3,(H,27,28)(H,29,33)(H,30,34)(H,31,35)(H,36,37). The van der Waals surface area contributed by atoms with Crippen LogP contribution < -0.4 is 21.7 Å². The Kier molecular flexibility index (Phi) is 12.1. The van der Waals surface area contributed by atoms with E-state index in [1.807, 2.05) is 6.26 Å². The maximum atomic E-state index is 13.3. The van der Waals surface area contributed by atoms with Gasteiger partial charge in [0.25, 0.3) is 0 Å². The first-order valence-electron chi connectivity index (χ1n) is 12.1. The highest BCUT2D eigenvalue weighted by atomic mass is 32.2. The van der Waals surface area contributed by atoms with Gasteiger partial charge >= 0.3 is 5.97 Å². The van der Waals surface area contributed by atoms with Crippen molar-refractivity contribution < 1.29 is 29.4 Å². The van der Waals surface area contributed by atoms with Crippen LogP contribution in [0.2, 0.25) is 0 Å². The molecule has 8 N–H and O–H groups in total. The van der Waals surface area contributed by atoms with E-state index in [2.05, 4.69) is 25.9 Å². The number of carboxylic acids is 1. The molecule has 0 saturated heterocycles. The molecule has 4 atom stereocenters. The summed E-state index contributed by atoms with van der Waals surface area (Å²) in [5.41, 5.74) is 7.37. The zero-order valence-corrected chi connectivity index (χ0v) is 22.5. The summed E-state index contributed by atoms with van der Waals surface area (Å²) in [5, 5.41) is 26.7. The van der Waals surface area contributed by atoms with E-state index >= 15 is 0 Å². The molecule has 0 fully saturated rings. The molecule has 1 aromatic heterocycles. The summed E-state index contributed by atoms with van der Waals surface area (Å²) in [6.45, 7) is 3.33. The minimum absolute atomic E-state index is 0.0333. The molecular formula is C25H36N6O6S. The molecule has 1 aromatic carbocycles. The molecule has 38 heavy (non-hydrogen) atoms. The molecule has 0 aliphatic carbocycles. The molecule has 1 heterocycles. The third-order valence-corrected chi connectivity index (χ3v) is 6.46. The molecule has 0 aliphatic rings. The number of aliphatic carboxylic acids is 1. The van der Waals surface area contributed by atoms with Crippen molar-refractivity contribution in [3.63, 3.8) is 0 Å².